The Labute approximate surface area is 179 Å². The van der Waals surface area contributed by atoms with Crippen LogP contribution in [0.1, 0.15) is 11.1 Å². The maximum atomic E-state index is 13.8. The third-order valence-electron chi connectivity index (χ3n) is 5.83. The molecule has 5 rings (SSSR count). The molecule has 2 aromatic carbocycles. The fourth-order valence-corrected chi connectivity index (χ4v) is 4.08. The molecule has 7 heteroatoms. The van der Waals surface area contributed by atoms with Crippen LogP contribution in [0.5, 0.6) is 0 Å². The Kier molecular flexibility index (Phi) is 4.94. The van der Waals surface area contributed by atoms with Crippen LogP contribution in [0, 0.1) is 12.7 Å². The predicted octanol–water partition coefficient (Wildman–Crippen LogP) is 3.97. The van der Waals surface area contributed by atoms with Crippen LogP contribution in [0.25, 0.3) is 16.6 Å². The first-order chi connectivity index (χ1) is 15.1. The molecule has 6 nitrogen and oxygen atoms in total. The Hall–Kier alpha value is -3.61. The SMILES string of the molecule is Cc1ccc(CNC(=O)N2CCN(c3nc4cc(F)ccc4n4cccc34)CC2)cc1. The number of hydrogen-bond acceptors (Lipinski definition) is 3. The summed E-state index contributed by atoms with van der Waals surface area (Å²) in [5.74, 6) is 0.523. The summed E-state index contributed by atoms with van der Waals surface area (Å²) in [7, 11) is 0. The monoisotopic (exact) mass is 417 g/mol. The number of aryl methyl sites for hydroxylation is 1. The minimum Gasteiger partial charge on any atom is -0.351 e. The van der Waals surface area contributed by atoms with Crippen molar-refractivity contribution < 1.29 is 9.18 Å². The number of amides is 2. The van der Waals surface area contributed by atoms with E-state index in [1.54, 1.807) is 6.07 Å². The lowest BCUT2D eigenvalue weighted by Crippen LogP contribution is -2.52. The van der Waals surface area contributed by atoms with E-state index in [2.05, 4.69) is 10.2 Å². The highest BCUT2D eigenvalue weighted by molar-refractivity contribution is 5.85. The van der Waals surface area contributed by atoms with Crippen LogP contribution in [-0.2, 0) is 6.54 Å². The largest absolute Gasteiger partial charge is 0.351 e. The molecule has 0 atom stereocenters. The standard InChI is InChI=1S/C24H24FN5O/c1-17-4-6-18(7-5-17)16-26-24(31)29-13-11-28(12-14-29)23-22-3-2-10-30(22)21-9-8-19(25)15-20(21)27-23/h2-10,15H,11-14,16H2,1H3,(H,26,31). The topological polar surface area (TPSA) is 52.9 Å². The number of urea groups is 1. The van der Waals surface area contributed by atoms with Crippen LogP contribution in [0.4, 0.5) is 15.0 Å². The van der Waals surface area contributed by atoms with Gasteiger partial charge in [0.05, 0.1) is 16.6 Å². The van der Waals surface area contributed by atoms with E-state index >= 15 is 0 Å². The maximum Gasteiger partial charge on any atom is 0.317 e. The fraction of sp³-hybridized carbons (Fsp3) is 0.250. The molecular weight excluding hydrogens is 393 g/mol. The van der Waals surface area contributed by atoms with Crippen LogP contribution in [-0.4, -0.2) is 46.5 Å². The summed E-state index contributed by atoms with van der Waals surface area (Å²) < 4.78 is 15.8. The Balaban J connectivity index is 1.28. The summed E-state index contributed by atoms with van der Waals surface area (Å²) in [6, 6.07) is 16.8. The average molecular weight is 417 g/mol. The lowest BCUT2D eigenvalue weighted by atomic mass is 10.1. The van der Waals surface area contributed by atoms with Gasteiger partial charge >= 0.3 is 6.03 Å². The number of fused-ring (bicyclic) bond motifs is 3. The van der Waals surface area contributed by atoms with Crippen LogP contribution in [0.3, 0.4) is 0 Å². The summed E-state index contributed by atoms with van der Waals surface area (Å²) in [5.41, 5.74) is 4.77. The van der Waals surface area contributed by atoms with Gasteiger partial charge in [0.1, 0.15) is 5.82 Å². The molecule has 4 aromatic rings. The zero-order valence-corrected chi connectivity index (χ0v) is 17.4. The second kappa shape index (κ2) is 7.91. The number of benzene rings is 2. The third-order valence-corrected chi connectivity index (χ3v) is 5.83. The highest BCUT2D eigenvalue weighted by Gasteiger charge is 2.23. The van der Waals surface area contributed by atoms with Gasteiger partial charge in [-0.1, -0.05) is 29.8 Å². The van der Waals surface area contributed by atoms with E-state index < -0.39 is 0 Å². The van der Waals surface area contributed by atoms with Gasteiger partial charge in [-0.3, -0.25) is 0 Å². The van der Waals surface area contributed by atoms with E-state index in [9.17, 15) is 9.18 Å². The molecule has 0 saturated carbocycles. The molecule has 0 bridgehead atoms. The number of carbonyl (C=O) groups excluding carboxylic acids is 1. The molecule has 2 amide bonds. The van der Waals surface area contributed by atoms with Crippen molar-refractivity contribution in [3.63, 3.8) is 0 Å². The molecule has 2 aromatic heterocycles. The molecule has 1 saturated heterocycles. The van der Waals surface area contributed by atoms with E-state index in [0.29, 0.717) is 38.2 Å². The molecule has 1 aliphatic rings. The molecule has 0 radical (unpaired) electrons. The number of carbonyl (C=O) groups is 1. The Morgan fingerprint density at radius 2 is 1.81 bits per heavy atom. The molecule has 0 unspecified atom stereocenters. The van der Waals surface area contributed by atoms with Crippen molar-refractivity contribution in [2.24, 2.45) is 0 Å². The molecule has 3 heterocycles. The average Bonchev–Trinajstić information content (AvgIpc) is 3.28. The van der Waals surface area contributed by atoms with Gasteiger partial charge in [-0.25, -0.2) is 14.2 Å². The molecule has 1 N–H and O–H groups in total. The second-order valence-corrected chi connectivity index (χ2v) is 7.95. The zero-order valence-electron chi connectivity index (χ0n) is 17.4. The van der Waals surface area contributed by atoms with E-state index in [1.165, 1.54) is 17.7 Å². The first kappa shape index (κ1) is 19.4. The number of anilines is 1. The van der Waals surface area contributed by atoms with Crippen LogP contribution in [0.2, 0.25) is 0 Å². The second-order valence-electron chi connectivity index (χ2n) is 7.95. The zero-order chi connectivity index (χ0) is 21.4. The summed E-state index contributed by atoms with van der Waals surface area (Å²) >= 11 is 0. The summed E-state index contributed by atoms with van der Waals surface area (Å²) in [4.78, 5) is 21.4. The van der Waals surface area contributed by atoms with Crippen LogP contribution >= 0.6 is 0 Å². The Bertz CT molecular complexity index is 1240. The number of nitrogens with zero attached hydrogens (tertiary/aromatic N) is 4. The van der Waals surface area contributed by atoms with Crippen molar-refractivity contribution in [1.82, 2.24) is 19.6 Å². The van der Waals surface area contributed by atoms with E-state index in [4.69, 9.17) is 4.98 Å². The van der Waals surface area contributed by atoms with Gasteiger partial charge in [0.25, 0.3) is 0 Å². The van der Waals surface area contributed by atoms with Crippen LogP contribution in [0.15, 0.2) is 60.8 Å². The van der Waals surface area contributed by atoms with Gasteiger partial charge in [0.15, 0.2) is 5.82 Å². The smallest absolute Gasteiger partial charge is 0.317 e. The Morgan fingerprint density at radius 3 is 2.58 bits per heavy atom. The maximum absolute atomic E-state index is 13.8. The molecule has 1 aliphatic heterocycles. The minimum absolute atomic E-state index is 0.0541. The van der Waals surface area contributed by atoms with Crippen molar-refractivity contribution in [1.29, 1.82) is 0 Å². The quantitative estimate of drug-likeness (QED) is 0.549. The fourth-order valence-electron chi connectivity index (χ4n) is 4.08. The third kappa shape index (κ3) is 3.79. The number of rotatable bonds is 3. The molecular formula is C24H24FN5O. The molecule has 0 aliphatic carbocycles. The number of piperazine rings is 1. The summed E-state index contributed by atoms with van der Waals surface area (Å²) in [6.45, 7) is 5.12. The number of halogens is 1. The molecule has 31 heavy (non-hydrogen) atoms. The van der Waals surface area contributed by atoms with Crippen molar-refractivity contribution in [3.05, 3.63) is 77.7 Å². The lowest BCUT2D eigenvalue weighted by molar-refractivity contribution is 0.194. The van der Waals surface area contributed by atoms with Crippen molar-refractivity contribution in [2.75, 3.05) is 31.1 Å². The predicted molar refractivity (Wildman–Crippen MR) is 120 cm³/mol. The van der Waals surface area contributed by atoms with Gasteiger partial charge < -0.3 is 19.5 Å². The van der Waals surface area contributed by atoms with E-state index in [1.807, 2.05) is 58.8 Å². The van der Waals surface area contributed by atoms with Gasteiger partial charge in [-0.15, -0.1) is 0 Å². The van der Waals surface area contributed by atoms with Gasteiger partial charge in [0, 0.05) is 45.0 Å². The van der Waals surface area contributed by atoms with Gasteiger partial charge in [-0.2, -0.15) is 0 Å². The lowest BCUT2D eigenvalue weighted by Gasteiger charge is -2.35. The normalized spacial score (nSPS) is 14.4. The van der Waals surface area contributed by atoms with Crippen molar-refractivity contribution in [2.45, 2.75) is 13.5 Å². The number of hydrogen-bond donors (Lipinski definition) is 1. The molecule has 0 spiro atoms. The molecule has 1 fully saturated rings. The first-order valence-electron chi connectivity index (χ1n) is 10.5. The molecule has 158 valence electrons. The van der Waals surface area contributed by atoms with Crippen LogP contribution < -0.4 is 10.2 Å². The minimum atomic E-state index is -0.299. The van der Waals surface area contributed by atoms with Crippen molar-refractivity contribution in [3.8, 4) is 0 Å². The van der Waals surface area contributed by atoms with E-state index in [0.717, 1.165) is 22.4 Å². The Morgan fingerprint density at radius 1 is 1.03 bits per heavy atom. The van der Waals surface area contributed by atoms with E-state index in [-0.39, 0.29) is 11.8 Å². The van der Waals surface area contributed by atoms with Gasteiger partial charge in [0.2, 0.25) is 0 Å². The highest BCUT2D eigenvalue weighted by Crippen LogP contribution is 2.26. The highest BCUT2D eigenvalue weighted by atomic mass is 19.1. The first-order valence-corrected chi connectivity index (χ1v) is 10.5. The summed E-state index contributed by atoms with van der Waals surface area (Å²) in [6.07, 6.45) is 1.97. The van der Waals surface area contributed by atoms with Crippen molar-refractivity contribution >= 4 is 28.4 Å². The summed E-state index contributed by atoms with van der Waals surface area (Å²) in [5, 5.41) is 3.01. The number of aromatic nitrogens is 2. The number of nitrogens with one attached hydrogen (secondary N) is 1. The van der Waals surface area contributed by atoms with Gasteiger partial charge in [-0.05, 0) is 36.8 Å².